The fraction of sp³-hybridized carbons (Fsp3) is 0.550. The second-order valence-electron chi connectivity index (χ2n) is 7.03. The van der Waals surface area contributed by atoms with E-state index >= 15 is 0 Å². The van der Waals surface area contributed by atoms with Gasteiger partial charge in [-0.3, -0.25) is 9.59 Å². The summed E-state index contributed by atoms with van der Waals surface area (Å²) in [6.07, 6.45) is 2.01. The van der Waals surface area contributed by atoms with Crippen LogP contribution in [0.2, 0.25) is 0 Å². The molecule has 29 heavy (non-hydrogen) atoms. The molecule has 1 aliphatic heterocycles. The van der Waals surface area contributed by atoms with Crippen LogP contribution < -0.4 is 4.74 Å². The van der Waals surface area contributed by atoms with E-state index in [-0.39, 0.29) is 29.9 Å². The minimum Gasteiger partial charge on any atom is -0.482 e. The van der Waals surface area contributed by atoms with Crippen LogP contribution in [0, 0.1) is 0 Å². The number of hydrogen-bond donors (Lipinski definition) is 0. The smallest absolute Gasteiger partial charge is 0.344 e. The zero-order chi connectivity index (χ0) is 21.4. The molecule has 0 radical (unpaired) electrons. The molecule has 2 rings (SSSR count). The molecular weight excluding hydrogens is 398 g/mol. The number of ketones is 1. The van der Waals surface area contributed by atoms with E-state index in [9.17, 15) is 22.8 Å². The largest absolute Gasteiger partial charge is 0.482 e. The van der Waals surface area contributed by atoms with Crippen LogP contribution in [0.25, 0.3) is 0 Å². The molecule has 9 heteroatoms. The van der Waals surface area contributed by atoms with Crippen LogP contribution in [0.3, 0.4) is 0 Å². The van der Waals surface area contributed by atoms with Crippen LogP contribution in [0.15, 0.2) is 24.3 Å². The first-order valence-corrected chi connectivity index (χ1v) is 11.4. The van der Waals surface area contributed by atoms with Crippen molar-refractivity contribution < 1.29 is 32.3 Å². The minimum atomic E-state index is -3.12. The number of nitrogens with zero attached hydrogens (tertiary/aromatic N) is 1. The van der Waals surface area contributed by atoms with Gasteiger partial charge in [0, 0.05) is 18.2 Å². The number of esters is 1. The third kappa shape index (κ3) is 7.16. The molecular formula is C20H27NO7S. The number of carbonyl (C=O) groups is 3. The van der Waals surface area contributed by atoms with Gasteiger partial charge in [0.15, 0.2) is 28.8 Å². The van der Waals surface area contributed by atoms with E-state index in [2.05, 4.69) is 0 Å². The van der Waals surface area contributed by atoms with E-state index < -0.39 is 28.3 Å². The van der Waals surface area contributed by atoms with Crippen molar-refractivity contribution in [2.24, 2.45) is 0 Å². The van der Waals surface area contributed by atoms with Gasteiger partial charge in [0.05, 0.1) is 11.5 Å². The highest BCUT2D eigenvalue weighted by atomic mass is 32.2. The molecule has 1 saturated heterocycles. The molecule has 0 aliphatic carbocycles. The monoisotopic (exact) mass is 425 g/mol. The van der Waals surface area contributed by atoms with Crippen molar-refractivity contribution in [3.05, 3.63) is 29.8 Å². The first kappa shape index (κ1) is 22.9. The SMILES string of the molecule is CCCCN(C(=O)COC(=O)COc1ccc(C(C)=O)cc1)C1CCS(=O)(=O)C1. The van der Waals surface area contributed by atoms with Gasteiger partial charge in [-0.1, -0.05) is 13.3 Å². The lowest BCUT2D eigenvalue weighted by Crippen LogP contribution is -2.44. The Morgan fingerprint density at radius 2 is 1.83 bits per heavy atom. The normalized spacial score (nSPS) is 17.5. The number of amides is 1. The quantitative estimate of drug-likeness (QED) is 0.414. The second-order valence-corrected chi connectivity index (χ2v) is 9.26. The summed E-state index contributed by atoms with van der Waals surface area (Å²) in [4.78, 5) is 37.2. The number of ether oxygens (including phenoxy) is 2. The molecule has 1 aliphatic rings. The first-order valence-electron chi connectivity index (χ1n) is 9.61. The number of carbonyl (C=O) groups excluding carboxylic acids is 3. The molecule has 1 aromatic carbocycles. The maximum Gasteiger partial charge on any atom is 0.344 e. The average Bonchev–Trinajstić information content (AvgIpc) is 3.04. The summed E-state index contributed by atoms with van der Waals surface area (Å²) < 4.78 is 33.8. The Balaban J connectivity index is 1.83. The van der Waals surface area contributed by atoms with E-state index in [0.717, 1.165) is 12.8 Å². The van der Waals surface area contributed by atoms with Gasteiger partial charge in [0.1, 0.15) is 5.75 Å². The Kier molecular flexibility index (Phi) is 8.19. The lowest BCUT2D eigenvalue weighted by atomic mass is 10.1. The summed E-state index contributed by atoms with van der Waals surface area (Å²) in [5, 5.41) is 0. The number of rotatable bonds is 10. The Morgan fingerprint density at radius 1 is 1.14 bits per heavy atom. The third-order valence-corrected chi connectivity index (χ3v) is 6.45. The second kappa shape index (κ2) is 10.4. The van der Waals surface area contributed by atoms with E-state index in [1.165, 1.54) is 11.8 Å². The number of hydrogen-bond acceptors (Lipinski definition) is 7. The third-order valence-electron chi connectivity index (χ3n) is 4.70. The first-order chi connectivity index (χ1) is 13.7. The Morgan fingerprint density at radius 3 is 2.38 bits per heavy atom. The molecule has 160 valence electrons. The van der Waals surface area contributed by atoms with Crippen molar-refractivity contribution in [2.45, 2.75) is 39.2 Å². The average molecular weight is 426 g/mol. The van der Waals surface area contributed by atoms with Crippen LogP contribution in [0.5, 0.6) is 5.75 Å². The summed E-state index contributed by atoms with van der Waals surface area (Å²) in [5.74, 6) is -0.751. The molecule has 1 amide bonds. The minimum absolute atomic E-state index is 0.0459. The molecule has 0 spiro atoms. The van der Waals surface area contributed by atoms with E-state index in [4.69, 9.17) is 9.47 Å². The molecule has 8 nitrogen and oxygen atoms in total. The van der Waals surface area contributed by atoms with Crippen molar-refractivity contribution >= 4 is 27.5 Å². The van der Waals surface area contributed by atoms with Crippen molar-refractivity contribution in [1.82, 2.24) is 4.90 Å². The number of Topliss-reactive ketones (excluding diaryl/α,β-unsaturated/α-hetero) is 1. The van der Waals surface area contributed by atoms with Gasteiger partial charge in [-0.05, 0) is 44.0 Å². The van der Waals surface area contributed by atoms with E-state index in [1.807, 2.05) is 6.92 Å². The van der Waals surface area contributed by atoms with Gasteiger partial charge in [-0.2, -0.15) is 0 Å². The molecule has 1 atom stereocenters. The standard InChI is InChI=1S/C20H27NO7S/c1-3-4-10-21(17-9-11-29(25,26)14-17)19(23)12-28-20(24)13-27-18-7-5-16(6-8-18)15(2)22/h5-8,17H,3-4,9-14H2,1-2H3. The Bertz CT molecular complexity index is 833. The molecule has 1 heterocycles. The molecule has 1 fully saturated rings. The summed E-state index contributed by atoms with van der Waals surface area (Å²) >= 11 is 0. The van der Waals surface area contributed by atoms with Crippen LogP contribution in [0.1, 0.15) is 43.5 Å². The summed E-state index contributed by atoms with van der Waals surface area (Å²) in [6.45, 7) is 3.04. The fourth-order valence-electron chi connectivity index (χ4n) is 3.06. The van der Waals surface area contributed by atoms with Crippen molar-refractivity contribution in [1.29, 1.82) is 0 Å². The zero-order valence-corrected chi connectivity index (χ0v) is 17.6. The molecule has 0 aromatic heterocycles. The van der Waals surface area contributed by atoms with Gasteiger partial charge >= 0.3 is 5.97 Å². The topological polar surface area (TPSA) is 107 Å². The highest BCUT2D eigenvalue weighted by Gasteiger charge is 2.34. The molecule has 1 unspecified atom stereocenters. The van der Waals surface area contributed by atoms with E-state index in [0.29, 0.717) is 24.3 Å². The molecule has 0 bridgehead atoms. The van der Waals surface area contributed by atoms with Crippen molar-refractivity contribution in [3.8, 4) is 5.75 Å². The predicted octanol–water partition coefficient (Wildman–Crippen LogP) is 1.63. The van der Waals surface area contributed by atoms with Crippen molar-refractivity contribution in [2.75, 3.05) is 31.3 Å². The predicted molar refractivity (Wildman–Crippen MR) is 107 cm³/mol. The van der Waals surface area contributed by atoms with Crippen LogP contribution in [-0.4, -0.2) is 68.3 Å². The maximum absolute atomic E-state index is 12.5. The van der Waals surface area contributed by atoms with Gasteiger partial charge < -0.3 is 14.4 Å². The van der Waals surface area contributed by atoms with Gasteiger partial charge in [0.2, 0.25) is 0 Å². The molecule has 0 saturated carbocycles. The lowest BCUT2D eigenvalue weighted by Gasteiger charge is -2.28. The number of unbranched alkanes of at least 4 members (excludes halogenated alkanes) is 1. The van der Waals surface area contributed by atoms with Gasteiger partial charge in [0.25, 0.3) is 5.91 Å². The number of benzene rings is 1. The van der Waals surface area contributed by atoms with Crippen LogP contribution in [0.4, 0.5) is 0 Å². The van der Waals surface area contributed by atoms with Crippen molar-refractivity contribution in [3.63, 3.8) is 0 Å². The van der Waals surface area contributed by atoms with Gasteiger partial charge in [-0.25, -0.2) is 13.2 Å². The van der Waals surface area contributed by atoms with Gasteiger partial charge in [-0.15, -0.1) is 0 Å². The lowest BCUT2D eigenvalue weighted by molar-refractivity contribution is -0.154. The van der Waals surface area contributed by atoms with Crippen LogP contribution in [-0.2, 0) is 24.2 Å². The molecule has 1 aromatic rings. The maximum atomic E-state index is 12.5. The summed E-state index contributed by atoms with van der Waals surface area (Å²) in [6, 6.07) is 5.96. The summed E-state index contributed by atoms with van der Waals surface area (Å²) in [5.41, 5.74) is 0.534. The summed E-state index contributed by atoms with van der Waals surface area (Å²) in [7, 11) is -3.12. The highest BCUT2D eigenvalue weighted by Crippen LogP contribution is 2.19. The number of sulfone groups is 1. The Hall–Kier alpha value is -2.42. The zero-order valence-electron chi connectivity index (χ0n) is 16.8. The molecule has 0 N–H and O–H groups in total. The van der Waals surface area contributed by atoms with Crippen LogP contribution >= 0.6 is 0 Å². The van der Waals surface area contributed by atoms with E-state index in [1.54, 1.807) is 24.3 Å². The highest BCUT2D eigenvalue weighted by molar-refractivity contribution is 7.91. The fourth-order valence-corrected chi connectivity index (χ4v) is 4.79. The Labute approximate surface area is 171 Å².